The van der Waals surface area contributed by atoms with Crippen molar-refractivity contribution >= 4 is 12.2 Å². The van der Waals surface area contributed by atoms with E-state index < -0.39 is 0 Å². The number of aliphatic hydroxyl groups is 2. The second-order valence-electron chi connectivity index (χ2n) is 7.18. The van der Waals surface area contributed by atoms with E-state index in [4.69, 9.17) is 10.2 Å². The summed E-state index contributed by atoms with van der Waals surface area (Å²) in [7, 11) is 0. The Morgan fingerprint density at radius 3 is 1.32 bits per heavy atom. The molecule has 142 valence electrons. The molecule has 0 unspecified atom stereocenters. The number of unbranched alkanes of at least 4 members (excludes halogenated alkanes) is 1. The van der Waals surface area contributed by atoms with Crippen LogP contribution in [0.5, 0.6) is 0 Å². The summed E-state index contributed by atoms with van der Waals surface area (Å²) < 4.78 is 0. The summed E-state index contributed by atoms with van der Waals surface area (Å²) in [6, 6.07) is 0.456. The standard InChI is InChI=1S/C15H22N2O2.C4H10O2/c18-10-16-14-5-1-12(2-6-14)9-13-3-7-15(8-4-13)17-11-19;5-3-1-2-4-6/h12-15H,1-9H2;5-6H,1-4H2. The van der Waals surface area contributed by atoms with E-state index in [1.54, 1.807) is 12.2 Å². The highest BCUT2D eigenvalue weighted by atomic mass is 16.3. The van der Waals surface area contributed by atoms with Gasteiger partial charge in [-0.2, -0.15) is 0 Å². The van der Waals surface area contributed by atoms with Crippen LogP contribution in [0.1, 0.15) is 70.6 Å². The minimum atomic E-state index is 0.195. The lowest BCUT2D eigenvalue weighted by atomic mass is 9.76. The van der Waals surface area contributed by atoms with E-state index in [1.807, 2.05) is 0 Å². The quantitative estimate of drug-likeness (QED) is 0.418. The third kappa shape index (κ3) is 9.66. The van der Waals surface area contributed by atoms with Gasteiger partial charge >= 0.3 is 0 Å². The smallest absolute Gasteiger partial charge is 0.235 e. The highest BCUT2D eigenvalue weighted by molar-refractivity contribution is 5.33. The lowest BCUT2D eigenvalue weighted by Gasteiger charge is -2.31. The van der Waals surface area contributed by atoms with Crippen LogP contribution >= 0.6 is 0 Å². The van der Waals surface area contributed by atoms with Crippen LogP contribution in [-0.2, 0) is 9.59 Å². The minimum Gasteiger partial charge on any atom is -0.396 e. The zero-order valence-corrected chi connectivity index (χ0v) is 15.1. The first-order valence-corrected chi connectivity index (χ1v) is 9.59. The molecule has 0 radical (unpaired) electrons. The van der Waals surface area contributed by atoms with Crippen molar-refractivity contribution in [3.8, 4) is 0 Å². The zero-order chi connectivity index (χ0) is 18.3. The monoisotopic (exact) mass is 352 g/mol. The molecule has 2 aliphatic rings. The van der Waals surface area contributed by atoms with Gasteiger partial charge in [-0.25, -0.2) is 19.6 Å². The minimum absolute atomic E-state index is 0.195. The summed E-state index contributed by atoms with van der Waals surface area (Å²) in [6.45, 7) is 0.390. The fraction of sp³-hybridized carbons (Fsp3) is 0.895. The Balaban J connectivity index is 0.000000450. The SMILES string of the molecule is O=C=NC1CCC(CC2CCC(N=C=O)CC2)CC1.OCCCCO. The predicted octanol–water partition coefficient (Wildman–Crippen LogP) is 2.92. The van der Waals surface area contributed by atoms with E-state index in [1.165, 1.54) is 32.1 Å². The fourth-order valence-corrected chi connectivity index (χ4v) is 3.86. The largest absolute Gasteiger partial charge is 0.396 e. The molecular weight excluding hydrogens is 320 g/mol. The number of rotatable bonds is 7. The van der Waals surface area contributed by atoms with E-state index in [0.29, 0.717) is 0 Å². The van der Waals surface area contributed by atoms with Crippen LogP contribution in [0.25, 0.3) is 0 Å². The third-order valence-electron chi connectivity index (χ3n) is 5.34. The topological polar surface area (TPSA) is 99.3 Å². The van der Waals surface area contributed by atoms with Crippen LogP contribution in [0.3, 0.4) is 0 Å². The Hall–Kier alpha value is -1.32. The van der Waals surface area contributed by atoms with E-state index in [-0.39, 0.29) is 25.3 Å². The first kappa shape index (κ1) is 21.7. The van der Waals surface area contributed by atoms with Gasteiger partial charge in [0.1, 0.15) is 0 Å². The molecule has 2 rings (SSSR count). The molecule has 6 nitrogen and oxygen atoms in total. The second-order valence-corrected chi connectivity index (χ2v) is 7.18. The summed E-state index contributed by atoms with van der Waals surface area (Å²) in [6.07, 6.45) is 15.1. The van der Waals surface area contributed by atoms with Crippen molar-refractivity contribution in [3.05, 3.63) is 0 Å². The number of isocyanates is 2. The molecule has 25 heavy (non-hydrogen) atoms. The number of carbonyl (C=O) groups excluding carboxylic acids is 2. The molecule has 2 fully saturated rings. The molecule has 0 spiro atoms. The summed E-state index contributed by atoms with van der Waals surface area (Å²) >= 11 is 0. The highest BCUT2D eigenvalue weighted by Crippen LogP contribution is 2.36. The van der Waals surface area contributed by atoms with Gasteiger partial charge in [-0.3, -0.25) is 0 Å². The number of nitrogens with zero attached hydrogens (tertiary/aromatic N) is 2. The summed E-state index contributed by atoms with van der Waals surface area (Å²) in [5.41, 5.74) is 0. The van der Waals surface area contributed by atoms with E-state index in [0.717, 1.165) is 50.4 Å². The highest BCUT2D eigenvalue weighted by Gasteiger charge is 2.26. The molecule has 2 N–H and O–H groups in total. The Morgan fingerprint density at radius 1 is 0.680 bits per heavy atom. The van der Waals surface area contributed by atoms with Gasteiger partial charge in [0.05, 0.1) is 12.1 Å². The first-order chi connectivity index (χ1) is 12.2. The molecule has 0 aliphatic heterocycles. The summed E-state index contributed by atoms with van der Waals surface area (Å²) in [5.74, 6) is 1.60. The summed E-state index contributed by atoms with van der Waals surface area (Å²) in [5, 5.41) is 16.2. The van der Waals surface area contributed by atoms with Crippen molar-refractivity contribution in [2.45, 2.75) is 82.7 Å². The van der Waals surface area contributed by atoms with Crippen LogP contribution in [0.4, 0.5) is 0 Å². The molecule has 2 saturated carbocycles. The lowest BCUT2D eigenvalue weighted by Crippen LogP contribution is -2.23. The van der Waals surface area contributed by atoms with Crippen molar-refractivity contribution < 1.29 is 19.8 Å². The molecule has 0 saturated heterocycles. The lowest BCUT2D eigenvalue weighted by molar-refractivity contribution is 0.226. The first-order valence-electron chi connectivity index (χ1n) is 9.59. The Bertz CT molecular complexity index is 389. The summed E-state index contributed by atoms with van der Waals surface area (Å²) in [4.78, 5) is 28.1. The molecular formula is C19H32N2O4. The van der Waals surface area contributed by atoms with Gasteiger partial charge in [0.25, 0.3) is 0 Å². The van der Waals surface area contributed by atoms with E-state index in [9.17, 15) is 9.59 Å². The number of hydrogen-bond donors (Lipinski definition) is 2. The molecule has 0 aromatic heterocycles. The average molecular weight is 352 g/mol. The predicted molar refractivity (Wildman–Crippen MR) is 95.8 cm³/mol. The normalized spacial score (nSPS) is 28.7. The van der Waals surface area contributed by atoms with Crippen LogP contribution in [-0.4, -0.2) is 47.7 Å². The average Bonchev–Trinajstić information content (AvgIpc) is 2.64. The maximum atomic E-state index is 10.2. The Kier molecular flexibility index (Phi) is 12.1. The van der Waals surface area contributed by atoms with Gasteiger partial charge in [-0.1, -0.05) is 0 Å². The van der Waals surface area contributed by atoms with Crippen LogP contribution in [0.15, 0.2) is 9.98 Å². The van der Waals surface area contributed by atoms with Crippen molar-refractivity contribution in [1.29, 1.82) is 0 Å². The molecule has 0 aromatic rings. The fourth-order valence-electron chi connectivity index (χ4n) is 3.86. The van der Waals surface area contributed by atoms with Crippen molar-refractivity contribution in [2.24, 2.45) is 21.8 Å². The number of aliphatic hydroxyl groups excluding tert-OH is 2. The van der Waals surface area contributed by atoms with E-state index in [2.05, 4.69) is 9.98 Å². The van der Waals surface area contributed by atoms with Crippen molar-refractivity contribution in [2.75, 3.05) is 13.2 Å². The molecule has 0 bridgehead atoms. The molecule has 0 heterocycles. The molecule has 0 aromatic carbocycles. The number of aliphatic imine (C=N–C) groups is 2. The zero-order valence-electron chi connectivity index (χ0n) is 15.1. The maximum absolute atomic E-state index is 10.2. The van der Waals surface area contributed by atoms with Crippen LogP contribution in [0.2, 0.25) is 0 Å². The Labute approximate surface area is 150 Å². The molecule has 2 aliphatic carbocycles. The van der Waals surface area contributed by atoms with Gasteiger partial charge < -0.3 is 10.2 Å². The molecule has 0 amide bonds. The molecule has 0 atom stereocenters. The number of hydrogen-bond acceptors (Lipinski definition) is 6. The van der Waals surface area contributed by atoms with Crippen molar-refractivity contribution in [1.82, 2.24) is 0 Å². The second kappa shape index (κ2) is 13.9. The van der Waals surface area contributed by atoms with E-state index >= 15 is 0 Å². The van der Waals surface area contributed by atoms with Crippen molar-refractivity contribution in [3.63, 3.8) is 0 Å². The van der Waals surface area contributed by atoms with Gasteiger partial charge in [-0.05, 0) is 82.5 Å². The molecule has 6 heteroatoms. The Morgan fingerprint density at radius 2 is 1.04 bits per heavy atom. The van der Waals surface area contributed by atoms with Gasteiger partial charge in [0.2, 0.25) is 12.2 Å². The van der Waals surface area contributed by atoms with Crippen LogP contribution < -0.4 is 0 Å². The van der Waals surface area contributed by atoms with Crippen LogP contribution in [0, 0.1) is 11.8 Å². The van der Waals surface area contributed by atoms with Gasteiger partial charge in [0.15, 0.2) is 0 Å². The van der Waals surface area contributed by atoms with Gasteiger partial charge in [0, 0.05) is 13.2 Å². The third-order valence-corrected chi connectivity index (χ3v) is 5.34. The van der Waals surface area contributed by atoms with Gasteiger partial charge in [-0.15, -0.1) is 0 Å². The maximum Gasteiger partial charge on any atom is 0.235 e.